The van der Waals surface area contributed by atoms with Gasteiger partial charge in [-0.1, -0.05) is 72.8 Å². The van der Waals surface area contributed by atoms with Gasteiger partial charge in [0.1, 0.15) is 0 Å². The number of hydrogen-bond donors (Lipinski definition) is 0. The van der Waals surface area contributed by atoms with E-state index in [1.165, 1.54) is 34.1 Å². The zero-order valence-electron chi connectivity index (χ0n) is 16.5. The second kappa shape index (κ2) is 11.6. The minimum atomic E-state index is 0. The van der Waals surface area contributed by atoms with Gasteiger partial charge in [-0.15, -0.1) is 82.6 Å². The van der Waals surface area contributed by atoms with Crippen molar-refractivity contribution in [1.29, 1.82) is 0 Å². The molecule has 0 saturated heterocycles. The molecular formula is C26H20Na2. The van der Waals surface area contributed by atoms with Gasteiger partial charge in [0.15, 0.2) is 0 Å². The van der Waals surface area contributed by atoms with E-state index in [-0.39, 0.29) is 59.1 Å². The normalized spacial score (nSPS) is 9.57. The molecule has 0 saturated carbocycles. The van der Waals surface area contributed by atoms with Crippen LogP contribution in [0.3, 0.4) is 0 Å². The Morgan fingerprint density at radius 2 is 0.464 bits per heavy atom. The third kappa shape index (κ3) is 5.36. The molecule has 0 aromatic heterocycles. The molecule has 4 aromatic rings. The van der Waals surface area contributed by atoms with E-state index in [1.54, 1.807) is 0 Å². The third-order valence-electron chi connectivity index (χ3n) is 4.50. The fourth-order valence-corrected chi connectivity index (χ4v) is 3.33. The van der Waals surface area contributed by atoms with E-state index in [1.807, 2.05) is 0 Å². The Balaban J connectivity index is 0.00000140. The fraction of sp³-hybridized carbons (Fsp3) is 0. The van der Waals surface area contributed by atoms with Crippen LogP contribution in [0.25, 0.3) is 0 Å². The summed E-state index contributed by atoms with van der Waals surface area (Å²) in [6.45, 7) is 0. The number of rotatable bonds is 5. The predicted molar refractivity (Wildman–Crippen MR) is 109 cm³/mol. The summed E-state index contributed by atoms with van der Waals surface area (Å²) in [4.78, 5) is 0. The maximum absolute atomic E-state index is 2.19. The zero-order chi connectivity index (χ0) is 17.6. The Labute approximate surface area is 212 Å². The summed E-state index contributed by atoms with van der Waals surface area (Å²) in [7, 11) is 0. The van der Waals surface area contributed by atoms with Crippen molar-refractivity contribution in [2.45, 2.75) is 0 Å². The molecule has 2 heteroatoms. The van der Waals surface area contributed by atoms with Crippen molar-refractivity contribution in [3.05, 3.63) is 155 Å². The van der Waals surface area contributed by atoms with Crippen LogP contribution in [0, 0.1) is 11.8 Å². The van der Waals surface area contributed by atoms with Crippen LogP contribution in [0.15, 0.2) is 121 Å². The molecule has 126 valence electrons. The number of benzene rings is 4. The quantitative estimate of drug-likeness (QED) is 0.347. The molecule has 0 radical (unpaired) electrons. The fourth-order valence-electron chi connectivity index (χ4n) is 3.33. The minimum Gasteiger partial charge on any atom is -0.123 e. The Morgan fingerprint density at radius 3 is 0.643 bits per heavy atom. The summed E-state index contributed by atoms with van der Waals surface area (Å²) in [6, 6.07) is 42.6. The van der Waals surface area contributed by atoms with E-state index in [0.29, 0.717) is 0 Å². The molecule has 0 heterocycles. The molecule has 0 aliphatic rings. The Bertz CT molecular complexity index is 763. The van der Waals surface area contributed by atoms with Crippen LogP contribution in [0.4, 0.5) is 0 Å². The molecule has 0 spiro atoms. The van der Waals surface area contributed by atoms with Crippen molar-refractivity contribution in [2.24, 2.45) is 0 Å². The summed E-state index contributed by atoms with van der Waals surface area (Å²) >= 11 is 0. The van der Waals surface area contributed by atoms with Gasteiger partial charge in [-0.3, -0.25) is 0 Å². The second-order valence-electron chi connectivity index (χ2n) is 6.21. The van der Waals surface area contributed by atoms with Gasteiger partial charge >= 0.3 is 59.1 Å². The Hall–Kier alpha value is -1.38. The van der Waals surface area contributed by atoms with Crippen LogP contribution >= 0.6 is 0 Å². The molecule has 4 rings (SSSR count). The van der Waals surface area contributed by atoms with E-state index in [4.69, 9.17) is 0 Å². The molecule has 0 amide bonds. The summed E-state index contributed by atoms with van der Waals surface area (Å²) in [5.74, 6) is 2.51. The Morgan fingerprint density at radius 1 is 0.286 bits per heavy atom. The summed E-state index contributed by atoms with van der Waals surface area (Å²) in [5.41, 5.74) is 4.89. The van der Waals surface area contributed by atoms with Crippen molar-refractivity contribution in [3.63, 3.8) is 0 Å². The monoisotopic (exact) mass is 378 g/mol. The van der Waals surface area contributed by atoms with E-state index < -0.39 is 0 Å². The van der Waals surface area contributed by atoms with Gasteiger partial charge in [-0.05, 0) is 0 Å². The second-order valence-corrected chi connectivity index (χ2v) is 6.21. The van der Waals surface area contributed by atoms with Gasteiger partial charge in [0.05, 0.1) is 0 Å². The average molecular weight is 378 g/mol. The van der Waals surface area contributed by atoms with Crippen LogP contribution in [-0.4, -0.2) is 0 Å². The first kappa shape index (κ1) is 22.9. The first-order valence-electron chi connectivity index (χ1n) is 8.89. The maximum Gasteiger partial charge on any atom is 1.00 e. The standard InChI is InChI=1S/C26H20.2Na/c1-5-13-21(14-6-1)25(22-15-7-2-8-16-22)26(23-17-9-3-10-18-23)24-19-11-4-12-20-24;;/h1-20H;;/q-2;2*+1. The molecule has 0 bridgehead atoms. The van der Waals surface area contributed by atoms with Crippen molar-refractivity contribution in [2.75, 3.05) is 0 Å². The van der Waals surface area contributed by atoms with Gasteiger partial charge in [-0.25, -0.2) is 0 Å². The third-order valence-corrected chi connectivity index (χ3v) is 4.50. The molecular weight excluding hydrogens is 358 g/mol. The Kier molecular flexibility index (Phi) is 9.47. The average Bonchev–Trinajstić information content (AvgIpc) is 2.74. The van der Waals surface area contributed by atoms with E-state index in [9.17, 15) is 0 Å². The van der Waals surface area contributed by atoms with E-state index in [2.05, 4.69) is 121 Å². The van der Waals surface area contributed by atoms with Crippen molar-refractivity contribution in [1.82, 2.24) is 0 Å². The summed E-state index contributed by atoms with van der Waals surface area (Å²) < 4.78 is 0. The van der Waals surface area contributed by atoms with Crippen molar-refractivity contribution in [3.8, 4) is 0 Å². The van der Waals surface area contributed by atoms with E-state index in [0.717, 1.165) is 0 Å². The van der Waals surface area contributed by atoms with Crippen LogP contribution in [0.5, 0.6) is 0 Å². The molecule has 0 aliphatic carbocycles. The first-order chi connectivity index (χ1) is 12.9. The molecule has 0 unspecified atom stereocenters. The van der Waals surface area contributed by atoms with Crippen LogP contribution < -0.4 is 59.1 Å². The summed E-state index contributed by atoms with van der Waals surface area (Å²) in [5, 5.41) is 0. The molecule has 28 heavy (non-hydrogen) atoms. The van der Waals surface area contributed by atoms with Crippen LogP contribution in [0.2, 0.25) is 0 Å². The molecule has 4 aromatic carbocycles. The smallest absolute Gasteiger partial charge is 0.123 e. The van der Waals surface area contributed by atoms with Gasteiger partial charge < -0.3 is 0 Å². The van der Waals surface area contributed by atoms with Gasteiger partial charge in [0, 0.05) is 0 Å². The van der Waals surface area contributed by atoms with Crippen LogP contribution in [-0.2, 0) is 0 Å². The van der Waals surface area contributed by atoms with Crippen molar-refractivity contribution >= 4 is 0 Å². The van der Waals surface area contributed by atoms with Crippen molar-refractivity contribution < 1.29 is 59.1 Å². The van der Waals surface area contributed by atoms with E-state index >= 15 is 0 Å². The molecule has 0 fully saturated rings. The van der Waals surface area contributed by atoms with Gasteiger partial charge in [-0.2, -0.15) is 0 Å². The largest absolute Gasteiger partial charge is 1.00 e. The van der Waals surface area contributed by atoms with Gasteiger partial charge in [0.2, 0.25) is 0 Å². The number of hydrogen-bond acceptors (Lipinski definition) is 0. The topological polar surface area (TPSA) is 0 Å². The van der Waals surface area contributed by atoms with Crippen LogP contribution in [0.1, 0.15) is 22.3 Å². The maximum atomic E-state index is 2.19. The minimum absolute atomic E-state index is 0. The SMILES string of the molecule is [Na+].[Na+].c1ccc([C-](c2ccccc2)[C-](c2ccccc2)c2ccccc2)cc1. The predicted octanol–water partition coefficient (Wildman–Crippen LogP) is 0.337. The molecule has 0 N–H and O–H groups in total. The summed E-state index contributed by atoms with van der Waals surface area (Å²) in [6.07, 6.45) is 0. The first-order valence-corrected chi connectivity index (χ1v) is 8.89. The molecule has 0 aliphatic heterocycles. The molecule has 0 atom stereocenters. The van der Waals surface area contributed by atoms with Gasteiger partial charge in [0.25, 0.3) is 0 Å². The molecule has 0 nitrogen and oxygen atoms in total. The zero-order valence-corrected chi connectivity index (χ0v) is 20.5.